The summed E-state index contributed by atoms with van der Waals surface area (Å²) in [5.41, 5.74) is 0.576. The van der Waals surface area contributed by atoms with Gasteiger partial charge in [0.15, 0.2) is 0 Å². The van der Waals surface area contributed by atoms with Crippen LogP contribution in [0.25, 0.3) is 5.69 Å². The number of imidazole rings is 1. The average Bonchev–Trinajstić information content (AvgIpc) is 3.36. The minimum Gasteiger partial charge on any atom is -0.386 e. The van der Waals surface area contributed by atoms with Crippen LogP contribution < -0.4 is 0 Å². The topological polar surface area (TPSA) is 89.1 Å². The van der Waals surface area contributed by atoms with Gasteiger partial charge in [-0.05, 0) is 30.7 Å². The molecular formula is C17H18N6O2. The number of β-amino-alcohol motifs (C(OH)–C–C–N with tert-alkyl or cyclic N) is 1. The van der Waals surface area contributed by atoms with Crippen molar-refractivity contribution in [3.8, 4) is 5.69 Å². The number of hydrogen-bond donors (Lipinski definition) is 1. The largest absolute Gasteiger partial charge is 0.386 e. The summed E-state index contributed by atoms with van der Waals surface area (Å²) >= 11 is 0. The molecule has 0 spiro atoms. The first-order chi connectivity index (χ1) is 12.1. The van der Waals surface area contributed by atoms with Gasteiger partial charge >= 0.3 is 0 Å². The first-order valence-corrected chi connectivity index (χ1v) is 8.07. The summed E-state index contributed by atoms with van der Waals surface area (Å²) in [5, 5.41) is 18.3. The zero-order chi connectivity index (χ0) is 17.3. The molecule has 0 aliphatic carbocycles. The number of carbonyl (C=O) groups is 1. The van der Waals surface area contributed by atoms with Gasteiger partial charge in [0.1, 0.15) is 5.60 Å². The Labute approximate surface area is 144 Å². The van der Waals surface area contributed by atoms with Crippen molar-refractivity contribution in [1.29, 1.82) is 0 Å². The van der Waals surface area contributed by atoms with Crippen LogP contribution in [-0.4, -0.2) is 59.1 Å². The van der Waals surface area contributed by atoms with Gasteiger partial charge in [-0.2, -0.15) is 0 Å². The standard InChI is InChI=1S/C17H18N6O2/c24-16(14-1-3-15(4-2-14)22-9-6-18-13-22)21-8-5-17(25,11-21)12-23-10-7-19-20-23/h1-4,6-7,9-10,13,25H,5,8,11-12H2. The van der Waals surface area contributed by atoms with E-state index in [-0.39, 0.29) is 12.5 Å². The van der Waals surface area contributed by atoms with Crippen molar-refractivity contribution < 1.29 is 9.90 Å². The van der Waals surface area contributed by atoms with Crippen LogP contribution in [0.5, 0.6) is 0 Å². The highest BCUT2D eigenvalue weighted by Crippen LogP contribution is 2.24. The predicted octanol–water partition coefficient (Wildman–Crippen LogP) is 0.741. The molecule has 1 aliphatic rings. The number of rotatable bonds is 4. The molecule has 8 nitrogen and oxygen atoms in total. The van der Waals surface area contributed by atoms with Gasteiger partial charge < -0.3 is 14.6 Å². The van der Waals surface area contributed by atoms with Crippen molar-refractivity contribution in [3.05, 3.63) is 60.9 Å². The third kappa shape index (κ3) is 3.16. The highest BCUT2D eigenvalue weighted by Gasteiger charge is 2.39. The van der Waals surface area contributed by atoms with Crippen LogP contribution in [-0.2, 0) is 6.54 Å². The average molecular weight is 338 g/mol. The summed E-state index contributed by atoms with van der Waals surface area (Å²) in [6.45, 7) is 1.14. The van der Waals surface area contributed by atoms with Crippen LogP contribution in [0, 0.1) is 0 Å². The molecular weight excluding hydrogens is 320 g/mol. The summed E-state index contributed by atoms with van der Waals surface area (Å²) in [7, 11) is 0. The molecule has 0 bridgehead atoms. The lowest BCUT2D eigenvalue weighted by Gasteiger charge is -2.23. The van der Waals surface area contributed by atoms with Crippen molar-refractivity contribution in [2.24, 2.45) is 0 Å². The van der Waals surface area contributed by atoms with Gasteiger partial charge in [-0.3, -0.25) is 4.79 Å². The number of benzene rings is 1. The van der Waals surface area contributed by atoms with Crippen molar-refractivity contribution in [2.45, 2.75) is 18.6 Å². The van der Waals surface area contributed by atoms with E-state index in [2.05, 4.69) is 15.3 Å². The smallest absolute Gasteiger partial charge is 0.253 e. The van der Waals surface area contributed by atoms with Gasteiger partial charge in [0.25, 0.3) is 5.91 Å². The molecule has 1 fully saturated rings. The summed E-state index contributed by atoms with van der Waals surface area (Å²) in [5.74, 6) is -0.0771. The van der Waals surface area contributed by atoms with Crippen molar-refractivity contribution >= 4 is 5.91 Å². The maximum Gasteiger partial charge on any atom is 0.253 e. The molecule has 128 valence electrons. The van der Waals surface area contributed by atoms with E-state index >= 15 is 0 Å². The third-order valence-corrected chi connectivity index (χ3v) is 4.46. The number of nitrogens with zero attached hydrogens (tertiary/aromatic N) is 6. The lowest BCUT2D eigenvalue weighted by atomic mass is 10.0. The van der Waals surface area contributed by atoms with Crippen LogP contribution in [0.3, 0.4) is 0 Å². The predicted molar refractivity (Wildman–Crippen MR) is 89.1 cm³/mol. The molecule has 1 unspecified atom stereocenters. The second-order valence-corrected chi connectivity index (χ2v) is 6.32. The molecule has 1 amide bonds. The molecule has 1 saturated heterocycles. The van der Waals surface area contributed by atoms with Gasteiger partial charge in [-0.1, -0.05) is 5.21 Å². The van der Waals surface area contributed by atoms with E-state index in [1.807, 2.05) is 22.9 Å². The van der Waals surface area contributed by atoms with Crippen LogP contribution in [0.1, 0.15) is 16.8 Å². The Morgan fingerprint density at radius 2 is 2.04 bits per heavy atom. The van der Waals surface area contributed by atoms with Crippen molar-refractivity contribution in [1.82, 2.24) is 29.4 Å². The Morgan fingerprint density at radius 1 is 1.20 bits per heavy atom. The fourth-order valence-corrected chi connectivity index (χ4v) is 3.15. The van der Waals surface area contributed by atoms with Gasteiger partial charge in [0.2, 0.25) is 0 Å². The van der Waals surface area contributed by atoms with Crippen molar-refractivity contribution in [3.63, 3.8) is 0 Å². The van der Waals surface area contributed by atoms with Gasteiger partial charge in [-0.25, -0.2) is 9.67 Å². The van der Waals surface area contributed by atoms with E-state index in [4.69, 9.17) is 0 Å². The van der Waals surface area contributed by atoms with E-state index in [9.17, 15) is 9.90 Å². The van der Waals surface area contributed by atoms with E-state index < -0.39 is 5.60 Å². The normalized spacial score (nSPS) is 20.1. The molecule has 1 aromatic carbocycles. The summed E-state index contributed by atoms with van der Waals surface area (Å²) in [4.78, 5) is 18.4. The molecule has 3 aromatic rings. The first-order valence-electron chi connectivity index (χ1n) is 8.07. The summed E-state index contributed by atoms with van der Waals surface area (Å²) in [6, 6.07) is 7.36. The molecule has 1 N–H and O–H groups in total. The number of amides is 1. The van der Waals surface area contributed by atoms with Crippen LogP contribution in [0.15, 0.2) is 55.4 Å². The van der Waals surface area contributed by atoms with E-state index in [0.29, 0.717) is 25.1 Å². The Balaban J connectivity index is 1.44. The van der Waals surface area contributed by atoms with Gasteiger partial charge in [0, 0.05) is 36.4 Å². The number of hydrogen-bond acceptors (Lipinski definition) is 5. The summed E-state index contributed by atoms with van der Waals surface area (Å²) < 4.78 is 3.47. The molecule has 0 saturated carbocycles. The van der Waals surface area contributed by atoms with E-state index in [1.54, 1.807) is 46.6 Å². The lowest BCUT2D eigenvalue weighted by molar-refractivity contribution is 0.0267. The van der Waals surface area contributed by atoms with E-state index in [1.165, 1.54) is 0 Å². The third-order valence-electron chi connectivity index (χ3n) is 4.46. The Hall–Kier alpha value is -3.00. The number of aliphatic hydroxyl groups is 1. The monoisotopic (exact) mass is 338 g/mol. The zero-order valence-corrected chi connectivity index (χ0v) is 13.6. The van der Waals surface area contributed by atoms with Crippen LogP contribution in [0.2, 0.25) is 0 Å². The van der Waals surface area contributed by atoms with Crippen LogP contribution in [0.4, 0.5) is 0 Å². The molecule has 4 rings (SSSR count). The second-order valence-electron chi connectivity index (χ2n) is 6.32. The van der Waals surface area contributed by atoms with Crippen molar-refractivity contribution in [2.75, 3.05) is 13.1 Å². The molecule has 25 heavy (non-hydrogen) atoms. The first kappa shape index (κ1) is 15.5. The van der Waals surface area contributed by atoms with Gasteiger partial charge in [-0.15, -0.1) is 5.10 Å². The highest BCUT2D eigenvalue weighted by atomic mass is 16.3. The molecule has 0 radical (unpaired) electrons. The maximum absolute atomic E-state index is 12.7. The molecule has 8 heteroatoms. The Morgan fingerprint density at radius 3 is 2.72 bits per heavy atom. The van der Waals surface area contributed by atoms with Gasteiger partial charge in [0.05, 0.1) is 25.6 Å². The lowest BCUT2D eigenvalue weighted by Crippen LogP contribution is -2.39. The molecule has 2 aromatic heterocycles. The number of aromatic nitrogens is 5. The fourth-order valence-electron chi connectivity index (χ4n) is 3.15. The number of likely N-dealkylation sites (tertiary alicyclic amines) is 1. The second kappa shape index (κ2) is 6.14. The molecule has 3 heterocycles. The van der Waals surface area contributed by atoms with E-state index in [0.717, 1.165) is 5.69 Å². The Bertz CT molecular complexity index is 844. The van der Waals surface area contributed by atoms with Crippen LogP contribution >= 0.6 is 0 Å². The summed E-state index contributed by atoms with van der Waals surface area (Å²) in [6.07, 6.45) is 9.06. The number of carbonyl (C=O) groups excluding carboxylic acids is 1. The quantitative estimate of drug-likeness (QED) is 0.758. The minimum atomic E-state index is -0.972. The Kier molecular flexibility index (Phi) is 3.81. The maximum atomic E-state index is 12.7. The SMILES string of the molecule is O=C(c1ccc(-n2ccnc2)cc1)N1CCC(O)(Cn2ccnn2)C1. The highest BCUT2D eigenvalue weighted by molar-refractivity contribution is 5.94. The molecule has 1 atom stereocenters. The minimum absolute atomic E-state index is 0.0771. The zero-order valence-electron chi connectivity index (χ0n) is 13.6. The molecule has 1 aliphatic heterocycles. The fraction of sp³-hybridized carbons (Fsp3) is 0.294.